The van der Waals surface area contributed by atoms with Crippen LogP contribution in [0.1, 0.15) is 25.7 Å². The number of sulfonamides is 1. The van der Waals surface area contributed by atoms with Crippen molar-refractivity contribution in [3.8, 4) is 11.3 Å². The third-order valence-electron chi connectivity index (χ3n) is 6.04. The molecule has 2 saturated heterocycles. The number of halogens is 1. The molecule has 0 amide bonds. The molecular weight excluding hydrogens is 437 g/mol. The topological polar surface area (TPSA) is 124 Å². The van der Waals surface area contributed by atoms with Crippen molar-refractivity contribution in [2.24, 2.45) is 0 Å². The molecule has 3 aromatic rings. The largest absolute Gasteiger partial charge is 0.352 e. The Bertz CT molecular complexity index is 1190. The van der Waals surface area contributed by atoms with Gasteiger partial charge in [-0.05, 0) is 25.7 Å². The van der Waals surface area contributed by atoms with E-state index in [9.17, 15) is 12.8 Å². The zero-order valence-corrected chi connectivity index (χ0v) is 18.6. The van der Waals surface area contributed by atoms with E-state index in [0.29, 0.717) is 62.0 Å². The van der Waals surface area contributed by atoms with Gasteiger partial charge in [0.25, 0.3) is 0 Å². The fourth-order valence-electron chi connectivity index (χ4n) is 4.40. The maximum absolute atomic E-state index is 14.2. The summed E-state index contributed by atoms with van der Waals surface area (Å²) in [4.78, 5) is 11.1. The van der Waals surface area contributed by atoms with Crippen LogP contribution in [-0.2, 0) is 10.0 Å². The van der Waals surface area contributed by atoms with Crippen molar-refractivity contribution in [1.29, 1.82) is 0 Å². The molecule has 32 heavy (non-hydrogen) atoms. The Labute approximate surface area is 185 Å². The number of H-pyrrole nitrogens is 1. The van der Waals surface area contributed by atoms with Crippen molar-refractivity contribution >= 4 is 27.4 Å². The molecule has 1 atom stereocenters. The van der Waals surface area contributed by atoms with Gasteiger partial charge in [-0.3, -0.25) is 5.10 Å². The van der Waals surface area contributed by atoms with Crippen LogP contribution in [0.5, 0.6) is 0 Å². The van der Waals surface area contributed by atoms with Crippen LogP contribution in [0, 0.1) is 0 Å². The average molecular weight is 464 g/mol. The van der Waals surface area contributed by atoms with Crippen molar-refractivity contribution in [2.45, 2.75) is 37.9 Å². The highest BCUT2D eigenvalue weighted by atomic mass is 32.2. The van der Waals surface area contributed by atoms with E-state index in [2.05, 4.69) is 30.6 Å². The van der Waals surface area contributed by atoms with Gasteiger partial charge in [-0.15, -0.1) is 5.10 Å². The summed E-state index contributed by atoms with van der Waals surface area (Å²) < 4.78 is 40.9. The Morgan fingerprint density at radius 2 is 2.00 bits per heavy atom. The molecule has 2 N–H and O–H groups in total. The number of hydrogen-bond acceptors (Lipinski definition) is 8. The number of hydrogen-bond donors (Lipinski definition) is 2. The number of nitrogens with zero attached hydrogens (tertiary/aromatic N) is 7. The molecule has 11 nitrogen and oxygen atoms in total. The fourth-order valence-corrected chi connectivity index (χ4v) is 5.28. The predicted molar refractivity (Wildman–Crippen MR) is 118 cm³/mol. The lowest BCUT2D eigenvalue weighted by molar-refractivity contribution is 0.285. The monoisotopic (exact) mass is 463 g/mol. The summed E-state index contributed by atoms with van der Waals surface area (Å²) in [6.07, 6.45) is 8.05. The van der Waals surface area contributed by atoms with Gasteiger partial charge in [0, 0.05) is 37.4 Å². The van der Waals surface area contributed by atoms with Crippen LogP contribution in [0.15, 0.2) is 18.6 Å². The van der Waals surface area contributed by atoms with Crippen LogP contribution in [0.3, 0.4) is 0 Å². The standard InChI is InChI=1S/C19H26FN9O2S/c1-32(30,31)28-7-4-15(5-8-28)24-19-25-16-11-21-17(13-9-22-23-10-13)18(29(16)26-19)27-6-2-3-14(20)12-27/h9-11,14-15H,2-8,12H2,1H3,(H,22,23)(H,24,26)/t14-/m0/s1. The summed E-state index contributed by atoms with van der Waals surface area (Å²) in [7, 11) is -3.17. The second-order valence-corrected chi connectivity index (χ2v) is 10.4. The summed E-state index contributed by atoms with van der Waals surface area (Å²) in [6, 6.07) is 0.0698. The smallest absolute Gasteiger partial charge is 0.243 e. The van der Waals surface area contributed by atoms with Gasteiger partial charge in [0.1, 0.15) is 11.9 Å². The second-order valence-electron chi connectivity index (χ2n) is 8.39. The molecule has 5 heterocycles. The highest BCUT2D eigenvalue weighted by Crippen LogP contribution is 2.31. The maximum atomic E-state index is 14.2. The molecule has 0 saturated carbocycles. The molecule has 13 heteroatoms. The Morgan fingerprint density at radius 3 is 2.69 bits per heavy atom. The van der Waals surface area contributed by atoms with Crippen molar-refractivity contribution < 1.29 is 12.8 Å². The van der Waals surface area contributed by atoms with Gasteiger partial charge in [-0.25, -0.2) is 22.1 Å². The highest BCUT2D eigenvalue weighted by Gasteiger charge is 2.28. The van der Waals surface area contributed by atoms with E-state index in [1.807, 2.05) is 4.90 Å². The van der Waals surface area contributed by atoms with Crippen molar-refractivity contribution in [2.75, 3.05) is 42.7 Å². The number of anilines is 2. The molecule has 5 rings (SSSR count). The normalized spacial score (nSPS) is 21.3. The summed E-state index contributed by atoms with van der Waals surface area (Å²) in [6.45, 7) is 1.91. The summed E-state index contributed by atoms with van der Waals surface area (Å²) >= 11 is 0. The van der Waals surface area contributed by atoms with Crippen LogP contribution in [0.2, 0.25) is 0 Å². The van der Waals surface area contributed by atoms with E-state index in [-0.39, 0.29) is 12.6 Å². The lowest BCUT2D eigenvalue weighted by Crippen LogP contribution is -2.42. The first-order valence-corrected chi connectivity index (χ1v) is 12.6. The van der Waals surface area contributed by atoms with Crippen molar-refractivity contribution in [3.05, 3.63) is 18.6 Å². The second kappa shape index (κ2) is 8.28. The van der Waals surface area contributed by atoms with Crippen LogP contribution in [0.4, 0.5) is 16.2 Å². The minimum atomic E-state index is -3.17. The number of alkyl halides is 1. The Balaban J connectivity index is 1.45. The van der Waals surface area contributed by atoms with Gasteiger partial charge in [-0.2, -0.15) is 14.6 Å². The number of aromatic nitrogens is 6. The zero-order valence-electron chi connectivity index (χ0n) is 17.8. The van der Waals surface area contributed by atoms with E-state index in [1.165, 1.54) is 10.6 Å². The van der Waals surface area contributed by atoms with Crippen molar-refractivity contribution in [1.82, 2.24) is 34.1 Å². The molecule has 0 aromatic carbocycles. The minimum absolute atomic E-state index is 0.0698. The van der Waals surface area contributed by atoms with Crippen molar-refractivity contribution in [3.63, 3.8) is 0 Å². The van der Waals surface area contributed by atoms with Gasteiger partial charge in [0.2, 0.25) is 16.0 Å². The summed E-state index contributed by atoms with van der Waals surface area (Å²) in [5, 5.41) is 14.8. The minimum Gasteiger partial charge on any atom is -0.352 e. The Hall–Kier alpha value is -2.80. The number of rotatable bonds is 5. The van der Waals surface area contributed by atoms with Gasteiger partial charge in [-0.1, -0.05) is 0 Å². The number of fused-ring (bicyclic) bond motifs is 1. The van der Waals surface area contributed by atoms with Crippen LogP contribution < -0.4 is 10.2 Å². The third kappa shape index (κ3) is 4.13. The molecule has 0 radical (unpaired) electrons. The Morgan fingerprint density at radius 1 is 1.19 bits per heavy atom. The molecule has 0 aliphatic carbocycles. The first-order chi connectivity index (χ1) is 15.4. The van der Waals surface area contributed by atoms with Gasteiger partial charge < -0.3 is 10.2 Å². The number of piperidine rings is 2. The van der Waals surface area contributed by atoms with Crippen LogP contribution in [0.25, 0.3) is 16.9 Å². The molecule has 3 aromatic heterocycles. The molecule has 0 bridgehead atoms. The van der Waals surface area contributed by atoms with E-state index < -0.39 is 16.2 Å². The molecule has 2 aliphatic heterocycles. The van der Waals surface area contributed by atoms with E-state index in [0.717, 1.165) is 12.0 Å². The molecule has 172 valence electrons. The first kappa shape index (κ1) is 21.1. The lowest BCUT2D eigenvalue weighted by atomic mass is 10.1. The van der Waals surface area contributed by atoms with E-state index >= 15 is 0 Å². The maximum Gasteiger partial charge on any atom is 0.243 e. The number of aromatic amines is 1. The molecular formula is C19H26FN9O2S. The van der Waals surface area contributed by atoms with Crippen LogP contribution >= 0.6 is 0 Å². The van der Waals surface area contributed by atoms with Gasteiger partial charge in [0.05, 0.1) is 25.2 Å². The zero-order chi connectivity index (χ0) is 22.3. The number of nitrogens with one attached hydrogen (secondary N) is 2. The predicted octanol–water partition coefficient (Wildman–Crippen LogP) is 1.29. The third-order valence-corrected chi connectivity index (χ3v) is 7.35. The molecule has 2 aliphatic rings. The Kier molecular flexibility index (Phi) is 5.45. The quantitative estimate of drug-likeness (QED) is 0.580. The lowest BCUT2D eigenvalue weighted by Gasteiger charge is -2.31. The first-order valence-electron chi connectivity index (χ1n) is 10.7. The van der Waals surface area contributed by atoms with Gasteiger partial charge >= 0.3 is 0 Å². The van der Waals surface area contributed by atoms with Gasteiger partial charge in [0.15, 0.2) is 11.5 Å². The molecule has 0 unspecified atom stereocenters. The SMILES string of the molecule is CS(=O)(=O)N1CCC(Nc2nc3cnc(-c4cn[nH]c4)c(N4CCC[C@H](F)C4)n3n2)CC1. The summed E-state index contributed by atoms with van der Waals surface area (Å²) in [5.74, 6) is 1.14. The van der Waals surface area contributed by atoms with Crippen LogP contribution in [-0.4, -0.2) is 87.2 Å². The highest BCUT2D eigenvalue weighted by molar-refractivity contribution is 7.88. The van der Waals surface area contributed by atoms with E-state index in [1.54, 1.807) is 23.1 Å². The average Bonchev–Trinajstić information content (AvgIpc) is 3.42. The molecule has 0 spiro atoms. The molecule has 2 fully saturated rings. The fraction of sp³-hybridized carbons (Fsp3) is 0.579. The summed E-state index contributed by atoms with van der Waals surface area (Å²) in [5.41, 5.74) is 2.02. The van der Waals surface area contributed by atoms with E-state index in [4.69, 9.17) is 0 Å².